The molecule has 1 aromatic rings. The molecular formula is C10H12BrF3O2. The quantitative estimate of drug-likeness (QED) is 0.807. The Balaban J connectivity index is 0.00000106. The van der Waals surface area contributed by atoms with Crippen LogP contribution >= 0.6 is 15.9 Å². The van der Waals surface area contributed by atoms with Crippen molar-refractivity contribution >= 4 is 15.9 Å². The number of ether oxygens (including phenoxy) is 2. The summed E-state index contributed by atoms with van der Waals surface area (Å²) in [6, 6.07) is 3.89. The summed E-state index contributed by atoms with van der Waals surface area (Å²) in [5.74, 6) is -0.0256. The van der Waals surface area contributed by atoms with E-state index in [-0.39, 0.29) is 5.75 Å². The molecule has 0 unspecified atom stereocenters. The molecule has 0 saturated heterocycles. The van der Waals surface area contributed by atoms with Gasteiger partial charge in [-0.25, -0.2) is 0 Å². The van der Waals surface area contributed by atoms with Gasteiger partial charge in [-0.15, -0.1) is 13.2 Å². The average Bonchev–Trinajstić information content (AvgIpc) is 2.17. The smallest absolute Gasteiger partial charge is 0.497 e. The summed E-state index contributed by atoms with van der Waals surface area (Å²) in [6.45, 7) is 4.00. The Morgan fingerprint density at radius 1 is 1.06 bits per heavy atom. The van der Waals surface area contributed by atoms with Crippen molar-refractivity contribution < 1.29 is 22.6 Å². The van der Waals surface area contributed by atoms with Crippen LogP contribution in [0.1, 0.15) is 13.8 Å². The SMILES string of the molecule is CC.COc1cc(Br)cc(OC(F)(F)F)c1. The van der Waals surface area contributed by atoms with Crippen molar-refractivity contribution in [2.24, 2.45) is 0 Å². The normalized spacial score (nSPS) is 10.2. The second-order valence-corrected chi connectivity index (χ2v) is 3.29. The highest BCUT2D eigenvalue weighted by Gasteiger charge is 2.31. The molecule has 0 radical (unpaired) electrons. The van der Waals surface area contributed by atoms with Crippen LogP contribution in [0, 0.1) is 0 Å². The van der Waals surface area contributed by atoms with Crippen LogP contribution < -0.4 is 9.47 Å². The molecule has 0 fully saturated rings. The van der Waals surface area contributed by atoms with Crippen LogP contribution in [0.25, 0.3) is 0 Å². The van der Waals surface area contributed by atoms with Crippen LogP contribution in [0.3, 0.4) is 0 Å². The van der Waals surface area contributed by atoms with Crippen LogP contribution in [0.2, 0.25) is 0 Å². The van der Waals surface area contributed by atoms with Crippen molar-refractivity contribution in [2.75, 3.05) is 7.11 Å². The molecule has 0 saturated carbocycles. The zero-order valence-electron chi connectivity index (χ0n) is 9.06. The topological polar surface area (TPSA) is 18.5 Å². The van der Waals surface area contributed by atoms with E-state index >= 15 is 0 Å². The van der Waals surface area contributed by atoms with Gasteiger partial charge in [0.15, 0.2) is 0 Å². The average molecular weight is 301 g/mol. The summed E-state index contributed by atoms with van der Waals surface area (Å²) in [5, 5.41) is 0. The molecule has 0 aliphatic heterocycles. The Hall–Kier alpha value is -0.910. The highest BCUT2D eigenvalue weighted by Crippen LogP contribution is 2.29. The second kappa shape index (κ2) is 6.62. The maximum atomic E-state index is 11.8. The molecule has 2 nitrogen and oxygen atoms in total. The van der Waals surface area contributed by atoms with Gasteiger partial charge in [-0.1, -0.05) is 29.8 Å². The predicted molar refractivity (Wildman–Crippen MR) is 58.7 cm³/mol. The molecule has 0 aromatic heterocycles. The molecule has 0 aliphatic rings. The fraction of sp³-hybridized carbons (Fsp3) is 0.400. The van der Waals surface area contributed by atoms with E-state index in [9.17, 15) is 13.2 Å². The standard InChI is InChI=1S/C8H6BrF3O2.C2H6/c1-13-6-2-5(9)3-7(4-6)14-8(10,11)12;1-2/h2-4H,1H3;1-2H3. The number of hydrogen-bond acceptors (Lipinski definition) is 2. The first-order valence-electron chi connectivity index (χ1n) is 4.51. The monoisotopic (exact) mass is 300 g/mol. The molecule has 1 rings (SSSR count). The molecule has 1 aromatic carbocycles. The molecule has 0 N–H and O–H groups in total. The van der Waals surface area contributed by atoms with E-state index in [0.29, 0.717) is 10.2 Å². The van der Waals surface area contributed by atoms with Gasteiger partial charge in [-0.2, -0.15) is 0 Å². The van der Waals surface area contributed by atoms with E-state index in [2.05, 4.69) is 20.7 Å². The van der Waals surface area contributed by atoms with Crippen LogP contribution in [-0.4, -0.2) is 13.5 Å². The third-order valence-electron chi connectivity index (χ3n) is 1.31. The molecule has 0 spiro atoms. The Morgan fingerprint density at radius 2 is 1.56 bits per heavy atom. The fourth-order valence-corrected chi connectivity index (χ4v) is 1.30. The number of halogens is 4. The minimum Gasteiger partial charge on any atom is -0.497 e. The van der Waals surface area contributed by atoms with E-state index in [1.54, 1.807) is 0 Å². The maximum absolute atomic E-state index is 11.8. The Kier molecular flexibility index (Phi) is 6.25. The van der Waals surface area contributed by atoms with Crippen molar-refractivity contribution in [2.45, 2.75) is 20.2 Å². The maximum Gasteiger partial charge on any atom is 0.573 e. The molecule has 0 amide bonds. The highest BCUT2D eigenvalue weighted by atomic mass is 79.9. The predicted octanol–water partition coefficient (Wildman–Crippen LogP) is 4.38. The zero-order valence-corrected chi connectivity index (χ0v) is 10.6. The number of rotatable bonds is 2. The third-order valence-corrected chi connectivity index (χ3v) is 1.77. The van der Waals surface area contributed by atoms with Gasteiger partial charge in [-0.05, 0) is 12.1 Å². The van der Waals surface area contributed by atoms with Gasteiger partial charge in [-0.3, -0.25) is 0 Å². The molecule has 16 heavy (non-hydrogen) atoms. The Morgan fingerprint density at radius 3 is 2.00 bits per heavy atom. The lowest BCUT2D eigenvalue weighted by Gasteiger charge is -2.10. The fourth-order valence-electron chi connectivity index (χ4n) is 0.847. The Bertz CT molecular complexity index is 326. The van der Waals surface area contributed by atoms with Gasteiger partial charge in [0, 0.05) is 10.5 Å². The summed E-state index contributed by atoms with van der Waals surface area (Å²) in [7, 11) is 1.36. The summed E-state index contributed by atoms with van der Waals surface area (Å²) < 4.78 is 44.4. The molecule has 0 bridgehead atoms. The second-order valence-electron chi connectivity index (χ2n) is 2.37. The first-order valence-corrected chi connectivity index (χ1v) is 5.30. The van der Waals surface area contributed by atoms with Crippen molar-refractivity contribution in [1.82, 2.24) is 0 Å². The van der Waals surface area contributed by atoms with Crippen molar-refractivity contribution in [3.05, 3.63) is 22.7 Å². The van der Waals surface area contributed by atoms with Crippen LogP contribution in [0.4, 0.5) is 13.2 Å². The van der Waals surface area contributed by atoms with E-state index in [4.69, 9.17) is 4.74 Å². The first kappa shape index (κ1) is 15.1. The lowest BCUT2D eigenvalue weighted by atomic mass is 10.3. The molecule has 6 heteroatoms. The van der Waals surface area contributed by atoms with E-state index in [0.717, 1.165) is 6.07 Å². The first-order chi connectivity index (χ1) is 7.40. The van der Waals surface area contributed by atoms with Gasteiger partial charge >= 0.3 is 6.36 Å². The minimum atomic E-state index is -4.69. The van der Waals surface area contributed by atoms with Crippen LogP contribution in [0.5, 0.6) is 11.5 Å². The van der Waals surface area contributed by atoms with E-state index in [1.165, 1.54) is 19.2 Å². The van der Waals surface area contributed by atoms with Gasteiger partial charge in [0.05, 0.1) is 7.11 Å². The molecule has 0 atom stereocenters. The number of benzene rings is 1. The Labute approximate surface area is 100 Å². The van der Waals surface area contributed by atoms with Gasteiger partial charge in [0.2, 0.25) is 0 Å². The largest absolute Gasteiger partial charge is 0.573 e. The van der Waals surface area contributed by atoms with Crippen molar-refractivity contribution in [3.8, 4) is 11.5 Å². The van der Waals surface area contributed by atoms with E-state index in [1.807, 2.05) is 13.8 Å². The summed E-state index contributed by atoms with van der Waals surface area (Å²) >= 11 is 3.03. The number of alkyl halides is 3. The van der Waals surface area contributed by atoms with Gasteiger partial charge < -0.3 is 9.47 Å². The molecule has 92 valence electrons. The molecule has 0 aliphatic carbocycles. The molecule has 0 heterocycles. The minimum absolute atomic E-state index is 0.290. The lowest BCUT2D eigenvalue weighted by Crippen LogP contribution is -2.17. The highest BCUT2D eigenvalue weighted by molar-refractivity contribution is 9.10. The van der Waals surface area contributed by atoms with Crippen LogP contribution in [-0.2, 0) is 0 Å². The number of methoxy groups -OCH3 is 1. The summed E-state index contributed by atoms with van der Waals surface area (Å²) in [5.41, 5.74) is 0. The van der Waals surface area contributed by atoms with Gasteiger partial charge in [0.25, 0.3) is 0 Å². The van der Waals surface area contributed by atoms with Crippen LogP contribution in [0.15, 0.2) is 22.7 Å². The van der Waals surface area contributed by atoms with Crippen molar-refractivity contribution in [1.29, 1.82) is 0 Å². The summed E-state index contributed by atoms with van der Waals surface area (Å²) in [6.07, 6.45) is -4.69. The third kappa shape index (κ3) is 5.85. The number of hydrogen-bond donors (Lipinski definition) is 0. The lowest BCUT2D eigenvalue weighted by molar-refractivity contribution is -0.274. The summed E-state index contributed by atoms with van der Waals surface area (Å²) in [4.78, 5) is 0. The van der Waals surface area contributed by atoms with Gasteiger partial charge in [0.1, 0.15) is 11.5 Å². The molecular weight excluding hydrogens is 289 g/mol. The van der Waals surface area contributed by atoms with Crippen molar-refractivity contribution in [3.63, 3.8) is 0 Å². The van der Waals surface area contributed by atoms with E-state index < -0.39 is 6.36 Å². The zero-order chi connectivity index (χ0) is 12.8.